The molecule has 1 N–H and O–H groups in total. The first kappa shape index (κ1) is 18.0. The molecule has 1 aliphatic carbocycles. The molecule has 3 aromatic rings. The summed E-state index contributed by atoms with van der Waals surface area (Å²) in [6.07, 6.45) is 7.41. The molecule has 0 amide bonds. The van der Waals surface area contributed by atoms with E-state index in [9.17, 15) is 0 Å². The van der Waals surface area contributed by atoms with Gasteiger partial charge in [0.15, 0.2) is 5.82 Å². The summed E-state index contributed by atoms with van der Waals surface area (Å²) >= 11 is 6.08. The van der Waals surface area contributed by atoms with Crippen molar-refractivity contribution in [2.24, 2.45) is 0 Å². The second-order valence-corrected chi connectivity index (χ2v) is 7.47. The molecule has 2 atom stereocenters. The van der Waals surface area contributed by atoms with Crippen LogP contribution in [-0.2, 0) is 6.54 Å². The van der Waals surface area contributed by atoms with Crippen LogP contribution in [0.25, 0.3) is 5.82 Å². The number of rotatable bonds is 5. The fourth-order valence-corrected chi connectivity index (χ4v) is 4.07. The van der Waals surface area contributed by atoms with Gasteiger partial charge in [0.05, 0.1) is 5.69 Å². The third-order valence-corrected chi connectivity index (χ3v) is 5.36. The van der Waals surface area contributed by atoms with Gasteiger partial charge in [-0.1, -0.05) is 42.0 Å². The summed E-state index contributed by atoms with van der Waals surface area (Å²) in [4.78, 5) is 4.44. The SMILES string of the molecule is Cc1nn(-c2ccccn2)c(C)c1C1C=CC(NCc2cccc(Cl)c2)C1. The molecule has 1 aliphatic rings. The fraction of sp³-hybridized carbons (Fsp3) is 0.273. The van der Waals surface area contributed by atoms with Crippen molar-refractivity contribution in [3.63, 3.8) is 0 Å². The summed E-state index contributed by atoms with van der Waals surface area (Å²) in [6, 6.07) is 14.3. The van der Waals surface area contributed by atoms with Gasteiger partial charge in [-0.05, 0) is 50.1 Å². The van der Waals surface area contributed by atoms with Crippen molar-refractivity contribution in [1.29, 1.82) is 0 Å². The number of hydrogen-bond acceptors (Lipinski definition) is 3. The van der Waals surface area contributed by atoms with Gasteiger partial charge in [-0.3, -0.25) is 0 Å². The van der Waals surface area contributed by atoms with E-state index in [0.717, 1.165) is 35.2 Å². The van der Waals surface area contributed by atoms with E-state index in [0.29, 0.717) is 12.0 Å². The van der Waals surface area contributed by atoms with Crippen LogP contribution in [0.15, 0.2) is 60.8 Å². The summed E-state index contributed by atoms with van der Waals surface area (Å²) < 4.78 is 1.95. The van der Waals surface area contributed by atoms with Crippen molar-refractivity contribution in [1.82, 2.24) is 20.1 Å². The molecule has 5 heteroatoms. The maximum Gasteiger partial charge on any atom is 0.153 e. The molecule has 2 unspecified atom stereocenters. The molecule has 4 nitrogen and oxygen atoms in total. The van der Waals surface area contributed by atoms with E-state index in [4.69, 9.17) is 16.7 Å². The zero-order valence-electron chi connectivity index (χ0n) is 15.6. The van der Waals surface area contributed by atoms with Gasteiger partial charge in [0.25, 0.3) is 0 Å². The summed E-state index contributed by atoms with van der Waals surface area (Å²) in [5, 5.41) is 9.14. The molecule has 0 spiro atoms. The van der Waals surface area contributed by atoms with Gasteiger partial charge in [0.2, 0.25) is 0 Å². The number of nitrogens with zero attached hydrogens (tertiary/aromatic N) is 3. The Labute approximate surface area is 164 Å². The summed E-state index contributed by atoms with van der Waals surface area (Å²) in [5.74, 6) is 1.24. The van der Waals surface area contributed by atoms with Gasteiger partial charge in [-0.15, -0.1) is 0 Å². The quantitative estimate of drug-likeness (QED) is 0.652. The number of pyridine rings is 1. The molecular formula is C22H23ClN4. The van der Waals surface area contributed by atoms with Crippen molar-refractivity contribution in [3.8, 4) is 5.82 Å². The zero-order valence-corrected chi connectivity index (χ0v) is 16.3. The second-order valence-electron chi connectivity index (χ2n) is 7.03. The Morgan fingerprint density at radius 1 is 1.15 bits per heavy atom. The van der Waals surface area contributed by atoms with Gasteiger partial charge < -0.3 is 5.32 Å². The van der Waals surface area contributed by atoms with Crippen molar-refractivity contribution < 1.29 is 0 Å². The van der Waals surface area contributed by atoms with Crippen LogP contribution in [0, 0.1) is 13.8 Å². The van der Waals surface area contributed by atoms with E-state index in [1.807, 2.05) is 41.1 Å². The third kappa shape index (κ3) is 3.82. The van der Waals surface area contributed by atoms with Crippen LogP contribution in [0.2, 0.25) is 5.02 Å². The molecular weight excluding hydrogens is 356 g/mol. The van der Waals surface area contributed by atoms with E-state index < -0.39 is 0 Å². The van der Waals surface area contributed by atoms with Crippen LogP contribution < -0.4 is 5.32 Å². The van der Waals surface area contributed by atoms with Crippen molar-refractivity contribution >= 4 is 11.6 Å². The first-order chi connectivity index (χ1) is 13.1. The normalized spacial score (nSPS) is 18.9. The number of allylic oxidation sites excluding steroid dienone is 1. The molecule has 0 saturated carbocycles. The van der Waals surface area contributed by atoms with Gasteiger partial charge in [-0.25, -0.2) is 9.67 Å². The minimum atomic E-state index is 0.353. The van der Waals surface area contributed by atoms with Crippen LogP contribution >= 0.6 is 11.6 Å². The Hall–Kier alpha value is -2.43. The Bertz CT molecular complexity index is 962. The van der Waals surface area contributed by atoms with Gasteiger partial charge in [0, 0.05) is 41.0 Å². The lowest BCUT2D eigenvalue weighted by atomic mass is 9.96. The average Bonchev–Trinajstić information content (AvgIpc) is 3.25. The molecule has 2 aromatic heterocycles. The predicted molar refractivity (Wildman–Crippen MR) is 109 cm³/mol. The molecule has 0 fully saturated rings. The lowest BCUT2D eigenvalue weighted by Crippen LogP contribution is -2.25. The van der Waals surface area contributed by atoms with Crippen LogP contribution in [0.5, 0.6) is 0 Å². The number of nitrogens with one attached hydrogen (secondary N) is 1. The highest BCUT2D eigenvalue weighted by atomic mass is 35.5. The lowest BCUT2D eigenvalue weighted by molar-refractivity contribution is 0.559. The Kier molecular flexibility index (Phi) is 5.10. The van der Waals surface area contributed by atoms with Gasteiger partial charge >= 0.3 is 0 Å². The molecule has 0 saturated heterocycles. The van der Waals surface area contributed by atoms with E-state index in [2.05, 4.69) is 42.4 Å². The topological polar surface area (TPSA) is 42.7 Å². The number of aromatic nitrogens is 3. The van der Waals surface area contributed by atoms with E-state index in [1.165, 1.54) is 11.1 Å². The molecule has 2 heterocycles. The summed E-state index contributed by atoms with van der Waals surface area (Å²) in [7, 11) is 0. The molecule has 138 valence electrons. The average molecular weight is 379 g/mol. The number of hydrogen-bond donors (Lipinski definition) is 1. The van der Waals surface area contributed by atoms with Crippen LogP contribution in [-0.4, -0.2) is 20.8 Å². The minimum Gasteiger partial charge on any atom is -0.306 e. The first-order valence-electron chi connectivity index (χ1n) is 9.25. The van der Waals surface area contributed by atoms with Crippen molar-refractivity contribution in [2.75, 3.05) is 0 Å². The molecule has 0 radical (unpaired) electrons. The van der Waals surface area contributed by atoms with Gasteiger partial charge in [-0.2, -0.15) is 5.10 Å². The summed E-state index contributed by atoms with van der Waals surface area (Å²) in [6.45, 7) is 5.03. The number of aryl methyl sites for hydroxylation is 1. The van der Waals surface area contributed by atoms with Crippen molar-refractivity contribution in [3.05, 3.63) is 88.4 Å². The zero-order chi connectivity index (χ0) is 18.8. The van der Waals surface area contributed by atoms with Crippen molar-refractivity contribution in [2.45, 2.75) is 38.8 Å². The number of benzene rings is 1. The largest absolute Gasteiger partial charge is 0.306 e. The van der Waals surface area contributed by atoms with Gasteiger partial charge in [0.1, 0.15) is 0 Å². The Morgan fingerprint density at radius 3 is 2.81 bits per heavy atom. The van der Waals surface area contributed by atoms with E-state index >= 15 is 0 Å². The summed E-state index contributed by atoms with van der Waals surface area (Å²) in [5.41, 5.74) is 4.75. The maximum atomic E-state index is 6.08. The highest BCUT2D eigenvalue weighted by Gasteiger charge is 2.26. The molecule has 1 aromatic carbocycles. The fourth-order valence-electron chi connectivity index (χ4n) is 3.85. The van der Waals surface area contributed by atoms with E-state index in [1.54, 1.807) is 6.20 Å². The highest BCUT2D eigenvalue weighted by molar-refractivity contribution is 6.30. The first-order valence-corrected chi connectivity index (χ1v) is 9.63. The van der Waals surface area contributed by atoms with Crippen LogP contribution in [0.1, 0.15) is 34.9 Å². The molecule has 0 aliphatic heterocycles. The molecule has 4 rings (SSSR count). The standard InChI is InChI=1S/C22H23ClN4/c1-15-22(16(2)27(26-15)21-8-3-4-11-24-21)18-9-10-20(13-18)25-14-17-6-5-7-19(23)12-17/h3-12,18,20,25H,13-14H2,1-2H3. The van der Waals surface area contributed by atoms with Crippen LogP contribution in [0.4, 0.5) is 0 Å². The number of halogens is 1. The highest BCUT2D eigenvalue weighted by Crippen LogP contribution is 2.33. The lowest BCUT2D eigenvalue weighted by Gasteiger charge is -2.15. The van der Waals surface area contributed by atoms with E-state index in [-0.39, 0.29) is 0 Å². The predicted octanol–water partition coefficient (Wildman–Crippen LogP) is 4.74. The monoisotopic (exact) mass is 378 g/mol. The Balaban J connectivity index is 1.46. The smallest absolute Gasteiger partial charge is 0.153 e. The minimum absolute atomic E-state index is 0.353. The Morgan fingerprint density at radius 2 is 2.04 bits per heavy atom. The second kappa shape index (κ2) is 7.67. The van der Waals surface area contributed by atoms with Crippen LogP contribution in [0.3, 0.4) is 0 Å². The maximum absolute atomic E-state index is 6.08. The third-order valence-electron chi connectivity index (χ3n) is 5.13. The molecule has 27 heavy (non-hydrogen) atoms. The molecule has 0 bridgehead atoms.